The molecule has 0 aliphatic rings. The zero-order chi connectivity index (χ0) is 20.1. The molecule has 0 saturated carbocycles. The van der Waals surface area contributed by atoms with Gasteiger partial charge in [0.2, 0.25) is 0 Å². The number of hydrogen-bond acceptors (Lipinski definition) is 5. The number of carbonyl (C=O) groups excluding carboxylic acids is 1. The molecule has 0 bridgehead atoms. The highest BCUT2D eigenvalue weighted by Crippen LogP contribution is 2.26. The Morgan fingerprint density at radius 3 is 2.57 bits per heavy atom. The van der Waals surface area contributed by atoms with Crippen molar-refractivity contribution in [2.75, 3.05) is 6.54 Å². The fourth-order valence-electron chi connectivity index (χ4n) is 2.91. The van der Waals surface area contributed by atoms with Crippen molar-refractivity contribution in [3.63, 3.8) is 0 Å². The molecule has 0 spiro atoms. The molecule has 2 aromatic heterocycles. The van der Waals surface area contributed by atoms with Crippen LogP contribution in [0.5, 0.6) is 5.75 Å². The smallest absolute Gasteiger partial charge is 0.305 e. The maximum Gasteiger partial charge on any atom is 0.305 e. The number of aliphatic carboxylic acids is 1. The molecule has 1 aromatic carbocycles. The first-order chi connectivity index (χ1) is 13.5. The summed E-state index contributed by atoms with van der Waals surface area (Å²) in [6.07, 6.45) is 1.73. The van der Waals surface area contributed by atoms with Crippen molar-refractivity contribution in [3.8, 4) is 5.75 Å². The topological polar surface area (TPSA) is 122 Å². The first-order valence-electron chi connectivity index (χ1n) is 8.73. The number of nitrogens with zero attached hydrogens (tertiary/aromatic N) is 2. The van der Waals surface area contributed by atoms with Gasteiger partial charge in [0.1, 0.15) is 0 Å². The average Bonchev–Trinajstić information content (AvgIpc) is 2.68. The molecule has 3 aromatic rings. The molecule has 2 heterocycles. The predicted molar refractivity (Wildman–Crippen MR) is 102 cm³/mol. The van der Waals surface area contributed by atoms with E-state index < -0.39 is 17.6 Å². The number of rotatable bonds is 7. The monoisotopic (exact) mass is 381 g/mol. The molecular formula is C20H19N3O5. The van der Waals surface area contributed by atoms with Crippen LogP contribution < -0.4 is 10.9 Å². The minimum absolute atomic E-state index is 0.0943. The van der Waals surface area contributed by atoms with E-state index in [0.717, 1.165) is 5.56 Å². The summed E-state index contributed by atoms with van der Waals surface area (Å²) >= 11 is 0. The number of fused-ring (bicyclic) bond motifs is 1. The number of carboxylic acid groups (broad SMARTS) is 1. The van der Waals surface area contributed by atoms with Crippen molar-refractivity contribution in [2.45, 2.75) is 19.4 Å². The molecule has 0 fully saturated rings. The maximum atomic E-state index is 12.4. The van der Waals surface area contributed by atoms with Crippen LogP contribution in [0.3, 0.4) is 0 Å². The summed E-state index contributed by atoms with van der Waals surface area (Å²) in [5.41, 5.74) is 0.701. The van der Waals surface area contributed by atoms with Gasteiger partial charge in [-0.3, -0.25) is 14.4 Å². The van der Waals surface area contributed by atoms with Gasteiger partial charge in [-0.1, -0.05) is 30.3 Å². The Hall–Kier alpha value is -3.68. The standard InChI is InChI=1S/C20H19N3O5/c24-15-7-6-14-12-22-17(20(28)21-10-8-16(25)26)19(27)18(14)23(15)11-9-13-4-2-1-3-5-13/h1-7,12,27H,8-11H2,(H,21,28)(H,25,26). The maximum absolute atomic E-state index is 12.4. The van der Waals surface area contributed by atoms with E-state index in [2.05, 4.69) is 10.3 Å². The Morgan fingerprint density at radius 1 is 1.11 bits per heavy atom. The van der Waals surface area contributed by atoms with Crippen molar-refractivity contribution in [1.29, 1.82) is 0 Å². The Balaban J connectivity index is 1.94. The van der Waals surface area contributed by atoms with Crippen molar-refractivity contribution in [2.24, 2.45) is 0 Å². The number of nitrogens with one attached hydrogen (secondary N) is 1. The minimum Gasteiger partial charge on any atom is -0.504 e. The number of aromatic nitrogens is 2. The first kappa shape index (κ1) is 19.1. The first-order valence-corrected chi connectivity index (χ1v) is 8.73. The van der Waals surface area contributed by atoms with Gasteiger partial charge in [0.25, 0.3) is 11.5 Å². The number of carbonyl (C=O) groups is 2. The molecule has 1 amide bonds. The number of amides is 1. The molecule has 0 radical (unpaired) electrons. The number of hydrogen-bond donors (Lipinski definition) is 3. The molecular weight excluding hydrogens is 362 g/mol. The van der Waals surface area contributed by atoms with Crippen LogP contribution in [-0.2, 0) is 17.8 Å². The SMILES string of the molecule is O=C(O)CCNC(=O)c1ncc2ccc(=O)n(CCc3ccccc3)c2c1O. The molecule has 0 aliphatic carbocycles. The molecule has 3 rings (SSSR count). The van der Waals surface area contributed by atoms with Crippen LogP contribution in [0.25, 0.3) is 10.9 Å². The van der Waals surface area contributed by atoms with Crippen LogP contribution in [0.1, 0.15) is 22.5 Å². The van der Waals surface area contributed by atoms with Crippen LogP contribution in [0.15, 0.2) is 53.5 Å². The van der Waals surface area contributed by atoms with Gasteiger partial charge in [0.15, 0.2) is 11.4 Å². The largest absolute Gasteiger partial charge is 0.504 e. The number of benzene rings is 1. The van der Waals surface area contributed by atoms with E-state index >= 15 is 0 Å². The Labute approximate surface area is 160 Å². The highest BCUT2D eigenvalue weighted by Gasteiger charge is 2.18. The van der Waals surface area contributed by atoms with Gasteiger partial charge < -0.3 is 20.1 Å². The number of aryl methyl sites for hydroxylation is 2. The van der Waals surface area contributed by atoms with Gasteiger partial charge in [-0.15, -0.1) is 0 Å². The van der Waals surface area contributed by atoms with Crippen LogP contribution in [-0.4, -0.2) is 38.2 Å². The fourth-order valence-corrected chi connectivity index (χ4v) is 2.91. The zero-order valence-corrected chi connectivity index (χ0v) is 15.0. The van der Waals surface area contributed by atoms with Crippen molar-refractivity contribution in [1.82, 2.24) is 14.9 Å². The number of aromatic hydroxyl groups is 1. The summed E-state index contributed by atoms with van der Waals surface area (Å²) in [5.74, 6) is -2.16. The van der Waals surface area contributed by atoms with Gasteiger partial charge in [0.05, 0.1) is 11.9 Å². The zero-order valence-electron chi connectivity index (χ0n) is 15.0. The quantitative estimate of drug-likeness (QED) is 0.571. The highest BCUT2D eigenvalue weighted by molar-refractivity contribution is 6.00. The molecule has 8 nitrogen and oxygen atoms in total. The van der Waals surface area contributed by atoms with Crippen molar-refractivity contribution < 1.29 is 19.8 Å². The Kier molecular flexibility index (Phi) is 5.69. The summed E-state index contributed by atoms with van der Waals surface area (Å²) in [6, 6.07) is 12.5. The molecule has 0 saturated heterocycles. The lowest BCUT2D eigenvalue weighted by atomic mass is 10.1. The van der Waals surface area contributed by atoms with Crippen LogP contribution >= 0.6 is 0 Å². The van der Waals surface area contributed by atoms with Gasteiger partial charge >= 0.3 is 5.97 Å². The number of pyridine rings is 2. The summed E-state index contributed by atoms with van der Waals surface area (Å²) in [5, 5.41) is 22.2. The normalized spacial score (nSPS) is 10.7. The summed E-state index contributed by atoms with van der Waals surface area (Å²) in [6.45, 7) is 0.223. The van der Waals surface area contributed by atoms with Crippen molar-refractivity contribution in [3.05, 3.63) is 70.3 Å². The molecule has 0 atom stereocenters. The van der Waals surface area contributed by atoms with E-state index in [1.54, 1.807) is 0 Å². The second-order valence-electron chi connectivity index (χ2n) is 6.22. The van der Waals surface area contributed by atoms with Gasteiger partial charge in [-0.25, -0.2) is 4.98 Å². The third-order valence-electron chi connectivity index (χ3n) is 4.30. The molecule has 28 heavy (non-hydrogen) atoms. The Morgan fingerprint density at radius 2 is 1.86 bits per heavy atom. The minimum atomic E-state index is -1.05. The van der Waals surface area contributed by atoms with E-state index in [1.165, 1.54) is 22.9 Å². The fraction of sp³-hybridized carbons (Fsp3) is 0.200. The van der Waals surface area contributed by atoms with E-state index in [9.17, 15) is 19.5 Å². The second kappa shape index (κ2) is 8.34. The third-order valence-corrected chi connectivity index (χ3v) is 4.30. The number of carboxylic acids is 1. The van der Waals surface area contributed by atoms with E-state index in [-0.39, 0.29) is 29.7 Å². The van der Waals surface area contributed by atoms with Gasteiger partial charge in [0, 0.05) is 30.7 Å². The lowest BCUT2D eigenvalue weighted by Crippen LogP contribution is -2.27. The lowest BCUT2D eigenvalue weighted by Gasteiger charge is -2.13. The molecule has 144 valence electrons. The highest BCUT2D eigenvalue weighted by atomic mass is 16.4. The molecule has 8 heteroatoms. The predicted octanol–water partition coefficient (Wildman–Crippen LogP) is 1.55. The van der Waals surface area contributed by atoms with E-state index in [4.69, 9.17) is 5.11 Å². The molecule has 3 N–H and O–H groups in total. The third kappa shape index (κ3) is 4.17. The second-order valence-corrected chi connectivity index (χ2v) is 6.22. The van der Waals surface area contributed by atoms with Gasteiger partial charge in [-0.2, -0.15) is 0 Å². The van der Waals surface area contributed by atoms with Crippen LogP contribution in [0, 0.1) is 0 Å². The molecule has 0 unspecified atom stereocenters. The average molecular weight is 381 g/mol. The van der Waals surface area contributed by atoms with E-state index in [0.29, 0.717) is 18.4 Å². The van der Waals surface area contributed by atoms with Crippen LogP contribution in [0.2, 0.25) is 0 Å². The van der Waals surface area contributed by atoms with E-state index in [1.807, 2.05) is 30.3 Å². The summed E-state index contributed by atoms with van der Waals surface area (Å²) < 4.78 is 1.41. The summed E-state index contributed by atoms with van der Waals surface area (Å²) in [7, 11) is 0. The van der Waals surface area contributed by atoms with Gasteiger partial charge in [-0.05, 0) is 18.1 Å². The van der Waals surface area contributed by atoms with Crippen LogP contribution in [0.4, 0.5) is 0 Å². The summed E-state index contributed by atoms with van der Waals surface area (Å²) in [4.78, 5) is 39.2. The molecule has 0 aliphatic heterocycles. The van der Waals surface area contributed by atoms with Crippen molar-refractivity contribution >= 4 is 22.8 Å². The Bertz CT molecular complexity index is 1080. The lowest BCUT2D eigenvalue weighted by molar-refractivity contribution is -0.136.